The molecule has 2 N–H and O–H groups in total. The van der Waals surface area contributed by atoms with Gasteiger partial charge >= 0.3 is 5.97 Å². The fourth-order valence-corrected chi connectivity index (χ4v) is 6.38. The van der Waals surface area contributed by atoms with E-state index in [4.69, 9.17) is 4.74 Å². The van der Waals surface area contributed by atoms with Crippen LogP contribution in [0.15, 0.2) is 24.3 Å². The van der Waals surface area contributed by atoms with Crippen LogP contribution >= 0.6 is 0 Å². The highest BCUT2D eigenvalue weighted by molar-refractivity contribution is 5.96. The Morgan fingerprint density at radius 3 is 2.33 bits per heavy atom. The number of hydrogen-bond acceptors (Lipinski definition) is 4. The molecule has 6 nitrogen and oxygen atoms in total. The topological polar surface area (TPSA) is 84.5 Å². The SMILES string of the molecule is Cc1cccc(C(=O)NCC(=O)OCC(=O)N[C@H](C)C23CC4CC(CC(C4)C2)C3)c1. The average molecular weight is 413 g/mol. The molecule has 0 radical (unpaired) electrons. The van der Waals surface area contributed by atoms with Gasteiger partial charge in [-0.15, -0.1) is 0 Å². The Morgan fingerprint density at radius 1 is 1.10 bits per heavy atom. The molecular weight excluding hydrogens is 380 g/mol. The predicted molar refractivity (Wildman–Crippen MR) is 113 cm³/mol. The van der Waals surface area contributed by atoms with Crippen molar-refractivity contribution in [3.05, 3.63) is 35.4 Å². The lowest BCUT2D eigenvalue weighted by atomic mass is 9.48. The number of nitrogens with one attached hydrogen (secondary N) is 2. The van der Waals surface area contributed by atoms with Gasteiger partial charge in [0.05, 0.1) is 0 Å². The van der Waals surface area contributed by atoms with Crippen LogP contribution in [-0.4, -0.2) is 37.0 Å². The van der Waals surface area contributed by atoms with Gasteiger partial charge < -0.3 is 15.4 Å². The van der Waals surface area contributed by atoms with Gasteiger partial charge in [-0.25, -0.2) is 0 Å². The minimum atomic E-state index is -0.617. The molecule has 0 unspecified atom stereocenters. The highest BCUT2D eigenvalue weighted by atomic mass is 16.5. The molecule has 0 aromatic heterocycles. The van der Waals surface area contributed by atoms with E-state index in [1.54, 1.807) is 18.2 Å². The first-order valence-corrected chi connectivity index (χ1v) is 11.1. The molecule has 0 saturated heterocycles. The van der Waals surface area contributed by atoms with Gasteiger partial charge in [-0.1, -0.05) is 17.7 Å². The number of rotatable bonds is 7. The zero-order valence-electron chi connectivity index (χ0n) is 17.9. The molecule has 5 rings (SSSR count). The summed E-state index contributed by atoms with van der Waals surface area (Å²) in [6, 6.07) is 7.22. The van der Waals surface area contributed by atoms with Crippen molar-refractivity contribution in [3.63, 3.8) is 0 Å². The summed E-state index contributed by atoms with van der Waals surface area (Å²) in [6.07, 6.45) is 7.74. The van der Waals surface area contributed by atoms with E-state index in [0.29, 0.717) is 5.56 Å². The molecule has 30 heavy (non-hydrogen) atoms. The zero-order valence-corrected chi connectivity index (χ0v) is 17.9. The van der Waals surface area contributed by atoms with E-state index in [1.165, 1.54) is 38.5 Å². The van der Waals surface area contributed by atoms with Crippen LogP contribution in [-0.2, 0) is 14.3 Å². The third kappa shape index (κ3) is 4.52. The monoisotopic (exact) mass is 412 g/mol. The van der Waals surface area contributed by atoms with Gasteiger partial charge in [0.15, 0.2) is 6.61 Å². The first-order valence-electron chi connectivity index (χ1n) is 11.1. The van der Waals surface area contributed by atoms with Crippen molar-refractivity contribution in [1.82, 2.24) is 10.6 Å². The normalized spacial score (nSPS) is 29.9. The molecule has 4 aliphatic carbocycles. The van der Waals surface area contributed by atoms with Crippen LogP contribution in [0.2, 0.25) is 0 Å². The average Bonchev–Trinajstić information content (AvgIpc) is 2.69. The lowest BCUT2D eigenvalue weighted by molar-refractivity contribution is -0.148. The third-order valence-electron chi connectivity index (χ3n) is 7.42. The molecule has 6 heteroatoms. The molecule has 0 spiro atoms. The molecule has 4 bridgehead atoms. The van der Waals surface area contributed by atoms with Crippen LogP contribution in [0.25, 0.3) is 0 Å². The molecule has 4 saturated carbocycles. The van der Waals surface area contributed by atoms with E-state index < -0.39 is 5.97 Å². The third-order valence-corrected chi connectivity index (χ3v) is 7.42. The van der Waals surface area contributed by atoms with Gasteiger partial charge in [0, 0.05) is 11.6 Å². The summed E-state index contributed by atoms with van der Waals surface area (Å²) in [7, 11) is 0. The highest BCUT2D eigenvalue weighted by Crippen LogP contribution is 2.61. The maximum absolute atomic E-state index is 12.4. The number of ether oxygens (including phenoxy) is 1. The van der Waals surface area contributed by atoms with Crippen molar-refractivity contribution in [1.29, 1.82) is 0 Å². The Labute approximate surface area is 178 Å². The van der Waals surface area contributed by atoms with Crippen LogP contribution in [0.3, 0.4) is 0 Å². The minimum absolute atomic E-state index is 0.0955. The Balaban J connectivity index is 1.20. The van der Waals surface area contributed by atoms with Crippen molar-refractivity contribution in [3.8, 4) is 0 Å². The van der Waals surface area contributed by atoms with Crippen molar-refractivity contribution >= 4 is 17.8 Å². The number of esters is 1. The second-order valence-electron chi connectivity index (χ2n) is 9.78. The van der Waals surface area contributed by atoms with E-state index >= 15 is 0 Å². The molecule has 1 atom stereocenters. The van der Waals surface area contributed by atoms with E-state index in [-0.39, 0.29) is 36.4 Å². The van der Waals surface area contributed by atoms with Gasteiger partial charge in [0.25, 0.3) is 11.8 Å². The van der Waals surface area contributed by atoms with Gasteiger partial charge in [0.2, 0.25) is 0 Å². The Hall–Kier alpha value is -2.37. The van der Waals surface area contributed by atoms with Crippen molar-refractivity contribution < 1.29 is 19.1 Å². The summed E-state index contributed by atoms with van der Waals surface area (Å²) in [5, 5.41) is 5.62. The summed E-state index contributed by atoms with van der Waals surface area (Å²) >= 11 is 0. The van der Waals surface area contributed by atoms with E-state index in [9.17, 15) is 14.4 Å². The summed E-state index contributed by atoms with van der Waals surface area (Å²) < 4.78 is 5.07. The molecule has 2 amide bonds. The molecular formula is C24H32N2O4. The maximum atomic E-state index is 12.4. The summed E-state index contributed by atoms with van der Waals surface area (Å²) in [5.41, 5.74) is 1.68. The number of hydrogen-bond donors (Lipinski definition) is 2. The number of amides is 2. The van der Waals surface area contributed by atoms with E-state index in [1.807, 2.05) is 13.0 Å². The van der Waals surface area contributed by atoms with Crippen LogP contribution in [0.1, 0.15) is 61.4 Å². The van der Waals surface area contributed by atoms with Gasteiger partial charge in [-0.3, -0.25) is 14.4 Å². The summed E-state index contributed by atoms with van der Waals surface area (Å²) in [6.45, 7) is 3.43. The fourth-order valence-electron chi connectivity index (χ4n) is 6.38. The first-order chi connectivity index (χ1) is 14.3. The summed E-state index contributed by atoms with van der Waals surface area (Å²) in [4.78, 5) is 36.4. The largest absolute Gasteiger partial charge is 0.454 e. The number of benzene rings is 1. The zero-order chi connectivity index (χ0) is 21.3. The highest BCUT2D eigenvalue weighted by Gasteiger charge is 2.53. The predicted octanol–water partition coefficient (Wildman–Crippen LogP) is 2.99. The second-order valence-corrected chi connectivity index (χ2v) is 9.78. The van der Waals surface area contributed by atoms with Crippen LogP contribution in [0.4, 0.5) is 0 Å². The van der Waals surface area contributed by atoms with Crippen molar-refractivity contribution in [2.75, 3.05) is 13.2 Å². The standard InChI is InChI=1S/C24H32N2O4/c1-15-4-3-5-20(6-15)23(29)25-13-22(28)30-14-21(27)26-16(2)24-10-17-7-18(11-24)9-19(8-17)12-24/h3-6,16-19H,7-14H2,1-2H3,(H,25,29)(H,26,27)/t16-,17?,18?,19?,24?/m1/s1. The number of aryl methyl sites for hydroxylation is 1. The molecule has 1 aromatic rings. The fraction of sp³-hybridized carbons (Fsp3) is 0.625. The Bertz CT molecular complexity index is 799. The van der Waals surface area contributed by atoms with E-state index in [0.717, 1.165) is 23.3 Å². The molecule has 0 heterocycles. The number of carbonyl (C=O) groups is 3. The smallest absolute Gasteiger partial charge is 0.325 e. The maximum Gasteiger partial charge on any atom is 0.325 e. The molecule has 0 aliphatic heterocycles. The summed E-state index contributed by atoms with van der Waals surface area (Å²) in [5.74, 6) is 1.25. The van der Waals surface area contributed by atoms with Crippen LogP contribution in [0, 0.1) is 30.1 Å². The Morgan fingerprint density at radius 2 is 1.73 bits per heavy atom. The Kier molecular flexibility index (Phi) is 5.85. The molecule has 4 fully saturated rings. The lowest BCUT2D eigenvalue weighted by Crippen LogP contribution is -2.56. The minimum Gasteiger partial charge on any atom is -0.454 e. The van der Waals surface area contributed by atoms with Crippen LogP contribution < -0.4 is 10.6 Å². The van der Waals surface area contributed by atoms with E-state index in [2.05, 4.69) is 17.6 Å². The lowest BCUT2D eigenvalue weighted by Gasteiger charge is -2.59. The number of carbonyl (C=O) groups excluding carboxylic acids is 3. The molecule has 4 aliphatic rings. The first kappa shape index (κ1) is 20.9. The van der Waals surface area contributed by atoms with Crippen LogP contribution in [0.5, 0.6) is 0 Å². The van der Waals surface area contributed by atoms with Gasteiger partial charge in [-0.05, 0) is 87.7 Å². The van der Waals surface area contributed by atoms with Gasteiger partial charge in [0.1, 0.15) is 6.54 Å². The molecule has 162 valence electrons. The van der Waals surface area contributed by atoms with Crippen molar-refractivity contribution in [2.24, 2.45) is 23.2 Å². The van der Waals surface area contributed by atoms with Gasteiger partial charge in [-0.2, -0.15) is 0 Å². The quantitative estimate of drug-likeness (QED) is 0.675. The molecule has 1 aromatic carbocycles. The van der Waals surface area contributed by atoms with Crippen molar-refractivity contribution in [2.45, 2.75) is 58.4 Å². The second kappa shape index (κ2) is 8.40.